The summed E-state index contributed by atoms with van der Waals surface area (Å²) in [5.74, 6) is -1.32. The monoisotopic (exact) mass is 349 g/mol. The van der Waals surface area contributed by atoms with Gasteiger partial charge in [-0.15, -0.1) is 0 Å². The van der Waals surface area contributed by atoms with Gasteiger partial charge >= 0.3 is 5.97 Å². The van der Waals surface area contributed by atoms with Gasteiger partial charge in [0.05, 0.1) is 6.61 Å². The molecule has 24 heavy (non-hydrogen) atoms. The summed E-state index contributed by atoms with van der Waals surface area (Å²) in [6, 6.07) is 6.60. The summed E-state index contributed by atoms with van der Waals surface area (Å²) in [6.07, 6.45) is 2.05. The van der Waals surface area contributed by atoms with Crippen molar-refractivity contribution in [2.75, 3.05) is 18.5 Å². The molecule has 0 aromatic heterocycles. The highest BCUT2D eigenvalue weighted by molar-refractivity contribution is 7.80. The molecule has 0 saturated heterocycles. The first-order valence-corrected chi connectivity index (χ1v) is 7.72. The lowest BCUT2D eigenvalue weighted by atomic mass is 10.2. The zero-order valence-corrected chi connectivity index (χ0v) is 14.2. The molecule has 0 spiro atoms. The van der Waals surface area contributed by atoms with Crippen LogP contribution in [0.2, 0.25) is 0 Å². The summed E-state index contributed by atoms with van der Waals surface area (Å²) in [5, 5.41) is 7.95. The minimum absolute atomic E-state index is 0.0688. The van der Waals surface area contributed by atoms with Crippen molar-refractivity contribution in [3.05, 3.63) is 42.0 Å². The first kappa shape index (κ1) is 19.3. The molecule has 128 valence electrons. The highest BCUT2D eigenvalue weighted by Gasteiger charge is 2.05. The number of esters is 1. The van der Waals surface area contributed by atoms with Crippen LogP contribution in [0.25, 0.3) is 0 Å². The van der Waals surface area contributed by atoms with Gasteiger partial charge in [-0.1, -0.05) is 0 Å². The van der Waals surface area contributed by atoms with Crippen LogP contribution in [-0.4, -0.2) is 36.0 Å². The minimum atomic E-state index is -0.604. The van der Waals surface area contributed by atoms with E-state index in [0.717, 1.165) is 12.2 Å². The van der Waals surface area contributed by atoms with E-state index >= 15 is 0 Å². The largest absolute Gasteiger partial charge is 0.463 e. The molecule has 0 atom stereocenters. The quantitative estimate of drug-likeness (QED) is 0.408. The number of amides is 2. The van der Waals surface area contributed by atoms with Gasteiger partial charge in [-0.3, -0.25) is 14.9 Å². The number of thiocarbonyl (C=S) groups is 1. The van der Waals surface area contributed by atoms with Crippen molar-refractivity contribution in [1.29, 1.82) is 0 Å². The van der Waals surface area contributed by atoms with Crippen molar-refractivity contribution in [3.8, 4) is 0 Å². The highest BCUT2D eigenvalue weighted by atomic mass is 32.1. The van der Waals surface area contributed by atoms with Crippen molar-refractivity contribution in [2.24, 2.45) is 0 Å². The van der Waals surface area contributed by atoms with E-state index in [1.54, 1.807) is 31.2 Å². The molecule has 0 unspecified atom stereocenters. The van der Waals surface area contributed by atoms with Gasteiger partial charge in [-0.05, 0) is 50.3 Å². The molecule has 2 amide bonds. The van der Waals surface area contributed by atoms with Crippen molar-refractivity contribution >= 4 is 40.8 Å². The fourth-order valence-corrected chi connectivity index (χ4v) is 1.84. The molecule has 0 radical (unpaired) electrons. The number of nitrogens with one attached hydrogen (secondary N) is 3. The Morgan fingerprint density at radius 2 is 1.79 bits per heavy atom. The zero-order valence-electron chi connectivity index (χ0n) is 13.4. The van der Waals surface area contributed by atoms with Crippen molar-refractivity contribution < 1.29 is 19.1 Å². The molecule has 0 fully saturated rings. The molecule has 0 aliphatic heterocycles. The lowest BCUT2D eigenvalue weighted by Gasteiger charge is -2.09. The maximum absolute atomic E-state index is 11.6. The molecule has 0 saturated carbocycles. The van der Waals surface area contributed by atoms with E-state index < -0.39 is 11.9 Å². The van der Waals surface area contributed by atoms with Gasteiger partial charge < -0.3 is 15.4 Å². The minimum Gasteiger partial charge on any atom is -0.463 e. The number of rotatable bonds is 6. The summed E-state index contributed by atoms with van der Waals surface area (Å²) < 4.78 is 4.65. The molecule has 0 heterocycles. The summed E-state index contributed by atoms with van der Waals surface area (Å²) in [5.41, 5.74) is 1.14. The van der Waals surface area contributed by atoms with E-state index in [4.69, 9.17) is 12.2 Å². The molecule has 0 aliphatic carbocycles. The van der Waals surface area contributed by atoms with Crippen molar-refractivity contribution in [1.82, 2.24) is 10.6 Å². The second kappa shape index (κ2) is 10.1. The Labute approximate surface area is 145 Å². The molecule has 7 nitrogen and oxygen atoms in total. The van der Waals surface area contributed by atoms with E-state index in [1.807, 2.05) is 6.92 Å². The highest BCUT2D eigenvalue weighted by Crippen LogP contribution is 2.09. The third kappa shape index (κ3) is 7.01. The Balaban J connectivity index is 2.51. The van der Waals surface area contributed by atoms with Crippen LogP contribution in [0.5, 0.6) is 0 Å². The maximum atomic E-state index is 11.6. The molecule has 8 heteroatoms. The summed E-state index contributed by atoms with van der Waals surface area (Å²) in [7, 11) is 0. The number of carbonyl (C=O) groups excluding carboxylic acids is 3. The van der Waals surface area contributed by atoms with Crippen LogP contribution in [0, 0.1) is 0 Å². The number of benzene rings is 1. The van der Waals surface area contributed by atoms with Gasteiger partial charge in [-0.2, -0.15) is 0 Å². The Kier molecular flexibility index (Phi) is 8.14. The van der Waals surface area contributed by atoms with Crippen LogP contribution in [0.15, 0.2) is 36.4 Å². The Bertz CT molecular complexity index is 641. The van der Waals surface area contributed by atoms with Gasteiger partial charge in [0.25, 0.3) is 5.91 Å². The second-order valence-corrected chi connectivity index (χ2v) is 4.87. The summed E-state index contributed by atoms with van der Waals surface area (Å²) in [6.45, 7) is 4.29. The zero-order chi connectivity index (χ0) is 17.9. The van der Waals surface area contributed by atoms with E-state index in [0.29, 0.717) is 17.8 Å². The SMILES string of the molecule is CCNC(=O)c1ccc(NC(=S)NC(=O)/C=C/C(=O)OCC)cc1. The number of carbonyl (C=O) groups is 3. The Hall–Kier alpha value is -2.74. The number of hydrogen-bond acceptors (Lipinski definition) is 5. The van der Waals surface area contributed by atoms with Crippen molar-refractivity contribution in [3.63, 3.8) is 0 Å². The van der Waals surface area contributed by atoms with Crippen LogP contribution in [0.4, 0.5) is 5.69 Å². The first-order chi connectivity index (χ1) is 11.5. The Morgan fingerprint density at radius 1 is 1.12 bits per heavy atom. The third-order valence-electron chi connectivity index (χ3n) is 2.64. The van der Waals surface area contributed by atoms with Gasteiger partial charge in [0.1, 0.15) is 0 Å². The predicted molar refractivity (Wildman–Crippen MR) is 94.6 cm³/mol. The van der Waals surface area contributed by atoms with Crippen LogP contribution < -0.4 is 16.0 Å². The van der Waals surface area contributed by atoms with Crippen LogP contribution in [0.1, 0.15) is 24.2 Å². The predicted octanol–water partition coefficient (Wildman–Crippen LogP) is 1.37. The smallest absolute Gasteiger partial charge is 0.330 e. The van der Waals surface area contributed by atoms with Crippen LogP contribution >= 0.6 is 12.2 Å². The van der Waals surface area contributed by atoms with Crippen LogP contribution in [-0.2, 0) is 14.3 Å². The lowest BCUT2D eigenvalue weighted by Crippen LogP contribution is -2.33. The number of ether oxygens (including phenoxy) is 1. The molecular weight excluding hydrogens is 330 g/mol. The lowest BCUT2D eigenvalue weighted by molar-refractivity contribution is -0.137. The number of hydrogen-bond donors (Lipinski definition) is 3. The van der Waals surface area contributed by atoms with E-state index in [1.165, 1.54) is 0 Å². The molecule has 0 bridgehead atoms. The molecule has 1 aromatic rings. The van der Waals surface area contributed by atoms with Crippen LogP contribution in [0.3, 0.4) is 0 Å². The molecule has 1 aromatic carbocycles. The third-order valence-corrected chi connectivity index (χ3v) is 2.84. The number of anilines is 1. The molecular formula is C16H19N3O4S. The fourth-order valence-electron chi connectivity index (χ4n) is 1.62. The fraction of sp³-hybridized carbons (Fsp3) is 0.250. The van der Waals surface area contributed by atoms with E-state index in [9.17, 15) is 14.4 Å². The summed E-state index contributed by atoms with van der Waals surface area (Å²) >= 11 is 5.00. The average Bonchev–Trinajstić information content (AvgIpc) is 2.54. The van der Waals surface area contributed by atoms with Gasteiger partial charge in [0.2, 0.25) is 5.91 Å². The summed E-state index contributed by atoms with van der Waals surface area (Å²) in [4.78, 5) is 34.3. The molecule has 1 rings (SSSR count). The maximum Gasteiger partial charge on any atom is 0.330 e. The average molecular weight is 349 g/mol. The molecule has 3 N–H and O–H groups in total. The van der Waals surface area contributed by atoms with E-state index in [-0.39, 0.29) is 17.6 Å². The van der Waals surface area contributed by atoms with Crippen molar-refractivity contribution in [2.45, 2.75) is 13.8 Å². The normalized spacial score (nSPS) is 10.1. The standard InChI is InChI=1S/C16H19N3O4S/c1-3-17-15(22)11-5-7-12(8-6-11)18-16(24)19-13(20)9-10-14(21)23-4-2/h5-10H,3-4H2,1-2H3,(H,17,22)(H2,18,19,20,24)/b10-9+. The van der Waals surface area contributed by atoms with Gasteiger partial charge in [-0.25, -0.2) is 4.79 Å². The second-order valence-electron chi connectivity index (χ2n) is 4.47. The Morgan fingerprint density at radius 3 is 2.38 bits per heavy atom. The van der Waals surface area contributed by atoms with E-state index in [2.05, 4.69) is 20.7 Å². The first-order valence-electron chi connectivity index (χ1n) is 7.31. The topological polar surface area (TPSA) is 96.5 Å². The molecule has 0 aliphatic rings. The van der Waals surface area contributed by atoms with Gasteiger partial charge in [0, 0.05) is 29.9 Å². The van der Waals surface area contributed by atoms with Gasteiger partial charge in [0.15, 0.2) is 5.11 Å².